The molecule has 3 aromatic rings. The predicted octanol–water partition coefficient (Wildman–Crippen LogP) is 5.60. The lowest BCUT2D eigenvalue weighted by Gasteiger charge is -2.14. The van der Waals surface area contributed by atoms with Gasteiger partial charge in [-0.1, -0.05) is 12.1 Å². The van der Waals surface area contributed by atoms with E-state index < -0.39 is 33.6 Å². The summed E-state index contributed by atoms with van der Waals surface area (Å²) >= 11 is 0. The standard InChI is InChI=1S/C21H17F4N3O3S/c1-13-5-8-18(12-19(13)32(30,31)28-16-9-6-15(22)7-10-16)27-20(29)26-17-4-2-3-14(11-17)21(23,24)25/h2-12,28H,1H3,(H2,26,27,29). The van der Waals surface area contributed by atoms with Crippen LogP contribution >= 0.6 is 0 Å². The van der Waals surface area contributed by atoms with E-state index in [0.29, 0.717) is 5.56 Å². The van der Waals surface area contributed by atoms with Crippen molar-refractivity contribution in [2.45, 2.75) is 18.0 Å². The highest BCUT2D eigenvalue weighted by molar-refractivity contribution is 7.92. The number of carbonyl (C=O) groups excluding carboxylic acids is 1. The minimum atomic E-state index is -4.56. The van der Waals surface area contributed by atoms with Crippen LogP contribution in [0.4, 0.5) is 39.4 Å². The number of halogens is 4. The van der Waals surface area contributed by atoms with E-state index in [4.69, 9.17) is 0 Å². The van der Waals surface area contributed by atoms with Gasteiger partial charge in [-0.15, -0.1) is 0 Å². The van der Waals surface area contributed by atoms with Gasteiger partial charge in [-0.3, -0.25) is 4.72 Å². The molecule has 0 atom stereocenters. The van der Waals surface area contributed by atoms with E-state index in [1.165, 1.54) is 36.4 Å². The normalized spacial score (nSPS) is 11.7. The molecule has 0 aliphatic heterocycles. The first kappa shape index (κ1) is 23.1. The van der Waals surface area contributed by atoms with Crippen LogP contribution < -0.4 is 15.4 Å². The van der Waals surface area contributed by atoms with Crippen LogP contribution in [0.3, 0.4) is 0 Å². The zero-order valence-corrected chi connectivity index (χ0v) is 17.3. The summed E-state index contributed by atoms with van der Waals surface area (Å²) in [6, 6.07) is 12.0. The van der Waals surface area contributed by atoms with E-state index >= 15 is 0 Å². The number of hydrogen-bond donors (Lipinski definition) is 3. The van der Waals surface area contributed by atoms with Gasteiger partial charge in [-0.25, -0.2) is 17.6 Å². The molecule has 3 aromatic carbocycles. The van der Waals surface area contributed by atoms with Crippen LogP contribution in [0.15, 0.2) is 71.6 Å². The Hall–Kier alpha value is -3.60. The number of amides is 2. The highest BCUT2D eigenvalue weighted by atomic mass is 32.2. The molecule has 0 unspecified atom stereocenters. The van der Waals surface area contributed by atoms with Crippen molar-refractivity contribution in [1.82, 2.24) is 0 Å². The topological polar surface area (TPSA) is 87.3 Å². The number of alkyl halides is 3. The van der Waals surface area contributed by atoms with E-state index in [2.05, 4.69) is 15.4 Å². The van der Waals surface area contributed by atoms with Gasteiger partial charge in [0.15, 0.2) is 0 Å². The number of rotatable bonds is 5. The van der Waals surface area contributed by atoms with Crippen LogP contribution in [0.25, 0.3) is 0 Å². The molecule has 0 aromatic heterocycles. The molecule has 2 amide bonds. The number of benzene rings is 3. The molecule has 0 bridgehead atoms. The summed E-state index contributed by atoms with van der Waals surface area (Å²) in [5, 5.41) is 4.66. The highest BCUT2D eigenvalue weighted by Gasteiger charge is 2.30. The first-order valence-corrected chi connectivity index (χ1v) is 10.6. The Morgan fingerprint density at radius 2 is 1.44 bits per heavy atom. The van der Waals surface area contributed by atoms with Gasteiger partial charge >= 0.3 is 12.2 Å². The number of anilines is 3. The second-order valence-electron chi connectivity index (χ2n) is 6.75. The van der Waals surface area contributed by atoms with E-state index in [1.54, 1.807) is 6.92 Å². The maximum Gasteiger partial charge on any atom is 0.416 e. The molecule has 3 N–H and O–H groups in total. The zero-order chi connectivity index (χ0) is 23.5. The summed E-state index contributed by atoms with van der Waals surface area (Å²) in [5.74, 6) is -0.526. The Morgan fingerprint density at radius 1 is 0.844 bits per heavy atom. The van der Waals surface area contributed by atoms with E-state index in [9.17, 15) is 30.8 Å². The number of urea groups is 1. The van der Waals surface area contributed by atoms with Crippen LogP contribution in [0.2, 0.25) is 0 Å². The molecular formula is C21H17F4N3O3S. The minimum absolute atomic E-state index is 0.0877. The van der Waals surface area contributed by atoms with E-state index in [0.717, 1.165) is 30.3 Å². The average molecular weight is 467 g/mol. The maximum absolute atomic E-state index is 13.0. The van der Waals surface area contributed by atoms with Gasteiger partial charge in [0.2, 0.25) is 0 Å². The Kier molecular flexibility index (Phi) is 6.40. The van der Waals surface area contributed by atoms with Gasteiger partial charge in [0.05, 0.1) is 10.5 Å². The molecule has 0 heterocycles. The molecule has 11 heteroatoms. The van der Waals surface area contributed by atoms with Crippen LogP contribution in [0.5, 0.6) is 0 Å². The molecular weight excluding hydrogens is 450 g/mol. The quantitative estimate of drug-likeness (QED) is 0.427. The molecule has 32 heavy (non-hydrogen) atoms. The fraction of sp³-hybridized carbons (Fsp3) is 0.0952. The van der Waals surface area contributed by atoms with Gasteiger partial charge in [-0.2, -0.15) is 13.2 Å². The molecule has 0 saturated carbocycles. The Bertz CT molecular complexity index is 1240. The zero-order valence-electron chi connectivity index (χ0n) is 16.5. The molecule has 0 aliphatic carbocycles. The number of sulfonamides is 1. The summed E-state index contributed by atoms with van der Waals surface area (Å²) in [7, 11) is -4.07. The molecule has 0 aliphatic rings. The lowest BCUT2D eigenvalue weighted by Crippen LogP contribution is -2.20. The summed E-state index contributed by atoms with van der Waals surface area (Å²) in [6.45, 7) is 1.55. The first-order valence-electron chi connectivity index (χ1n) is 9.08. The summed E-state index contributed by atoms with van der Waals surface area (Å²) in [5.41, 5.74) is -0.393. The van der Waals surface area contributed by atoms with Crippen molar-refractivity contribution in [3.8, 4) is 0 Å². The smallest absolute Gasteiger partial charge is 0.308 e. The van der Waals surface area contributed by atoms with Crippen molar-refractivity contribution < 1.29 is 30.8 Å². The molecule has 0 radical (unpaired) electrons. The maximum atomic E-state index is 13.0. The Morgan fingerprint density at radius 3 is 2.06 bits per heavy atom. The minimum Gasteiger partial charge on any atom is -0.308 e. The predicted molar refractivity (Wildman–Crippen MR) is 112 cm³/mol. The monoisotopic (exact) mass is 467 g/mol. The molecule has 0 saturated heterocycles. The average Bonchev–Trinajstić information content (AvgIpc) is 2.70. The van der Waals surface area contributed by atoms with Crippen LogP contribution in [0, 0.1) is 12.7 Å². The van der Waals surface area contributed by atoms with Gasteiger partial charge < -0.3 is 10.6 Å². The van der Waals surface area contributed by atoms with Gasteiger partial charge in [0.25, 0.3) is 10.0 Å². The second kappa shape index (κ2) is 8.87. The van der Waals surface area contributed by atoms with E-state index in [-0.39, 0.29) is 22.0 Å². The third kappa shape index (κ3) is 5.76. The number of hydrogen-bond acceptors (Lipinski definition) is 3. The number of carbonyl (C=O) groups is 1. The Labute approximate surface area is 181 Å². The van der Waals surface area contributed by atoms with Crippen molar-refractivity contribution in [2.24, 2.45) is 0 Å². The molecule has 168 valence electrons. The lowest BCUT2D eigenvalue weighted by atomic mass is 10.2. The van der Waals surface area contributed by atoms with Crippen LogP contribution in [-0.2, 0) is 16.2 Å². The van der Waals surface area contributed by atoms with E-state index in [1.807, 2.05) is 0 Å². The highest BCUT2D eigenvalue weighted by Crippen LogP contribution is 2.30. The second-order valence-corrected chi connectivity index (χ2v) is 8.40. The summed E-state index contributed by atoms with van der Waals surface area (Å²) in [4.78, 5) is 12.1. The van der Waals surface area contributed by atoms with Crippen molar-refractivity contribution >= 4 is 33.1 Å². The van der Waals surface area contributed by atoms with Crippen molar-refractivity contribution in [1.29, 1.82) is 0 Å². The summed E-state index contributed by atoms with van der Waals surface area (Å²) in [6.07, 6.45) is -4.56. The molecule has 6 nitrogen and oxygen atoms in total. The fourth-order valence-corrected chi connectivity index (χ4v) is 4.09. The SMILES string of the molecule is Cc1ccc(NC(=O)Nc2cccc(C(F)(F)F)c2)cc1S(=O)(=O)Nc1ccc(F)cc1. The largest absolute Gasteiger partial charge is 0.416 e. The van der Waals surface area contributed by atoms with Gasteiger partial charge in [0.1, 0.15) is 5.82 Å². The molecule has 3 rings (SSSR count). The van der Waals surface area contributed by atoms with Gasteiger partial charge in [0, 0.05) is 17.1 Å². The van der Waals surface area contributed by atoms with Gasteiger partial charge in [-0.05, 0) is 67.1 Å². The number of nitrogens with one attached hydrogen (secondary N) is 3. The van der Waals surface area contributed by atoms with Crippen LogP contribution in [0.1, 0.15) is 11.1 Å². The number of aryl methyl sites for hydroxylation is 1. The van der Waals surface area contributed by atoms with Crippen molar-refractivity contribution in [3.63, 3.8) is 0 Å². The Balaban J connectivity index is 1.77. The fourth-order valence-electron chi connectivity index (χ4n) is 2.76. The molecule has 0 fully saturated rings. The van der Waals surface area contributed by atoms with Crippen molar-refractivity contribution in [2.75, 3.05) is 15.4 Å². The van der Waals surface area contributed by atoms with Crippen LogP contribution in [-0.4, -0.2) is 14.4 Å². The summed E-state index contributed by atoms with van der Waals surface area (Å²) < 4.78 is 79.2. The third-order valence-electron chi connectivity index (χ3n) is 4.28. The lowest BCUT2D eigenvalue weighted by molar-refractivity contribution is -0.137. The van der Waals surface area contributed by atoms with Crippen molar-refractivity contribution in [3.05, 3.63) is 83.7 Å². The first-order chi connectivity index (χ1) is 14.9. The molecule has 0 spiro atoms. The third-order valence-corrected chi connectivity index (χ3v) is 5.80.